The van der Waals surface area contributed by atoms with Gasteiger partial charge in [0.2, 0.25) is 11.8 Å². The van der Waals surface area contributed by atoms with Crippen LogP contribution in [-0.4, -0.2) is 71.8 Å². The van der Waals surface area contributed by atoms with Gasteiger partial charge in [-0.15, -0.1) is 0 Å². The largest absolute Gasteiger partial charge is 0.349 e. The second-order valence-electron chi connectivity index (χ2n) is 10.7. The van der Waals surface area contributed by atoms with Gasteiger partial charge in [0, 0.05) is 38.3 Å². The second-order valence-corrected chi connectivity index (χ2v) is 10.7. The van der Waals surface area contributed by atoms with E-state index in [1.807, 2.05) is 61.5 Å². The molecule has 1 spiro atoms. The highest BCUT2D eigenvalue weighted by Crippen LogP contribution is 2.33. The lowest BCUT2D eigenvalue weighted by Gasteiger charge is -2.51. The predicted molar refractivity (Wildman–Crippen MR) is 157 cm³/mol. The van der Waals surface area contributed by atoms with E-state index < -0.39 is 11.6 Å². The third kappa shape index (κ3) is 5.80. The summed E-state index contributed by atoms with van der Waals surface area (Å²) in [6, 6.07) is 26.8. The molecule has 7 nitrogen and oxygen atoms in total. The van der Waals surface area contributed by atoms with E-state index in [-0.39, 0.29) is 24.3 Å². The van der Waals surface area contributed by atoms with Gasteiger partial charge in [0.25, 0.3) is 5.91 Å². The fraction of sp³-hybridized carbons (Fsp3) is 0.364. The summed E-state index contributed by atoms with van der Waals surface area (Å²) in [6.45, 7) is 5.07. The van der Waals surface area contributed by atoms with Crippen LogP contribution in [0.3, 0.4) is 0 Å². The van der Waals surface area contributed by atoms with Gasteiger partial charge < -0.3 is 20.4 Å². The zero-order chi connectivity index (χ0) is 28.0. The summed E-state index contributed by atoms with van der Waals surface area (Å²) < 4.78 is 0. The van der Waals surface area contributed by atoms with E-state index in [0.29, 0.717) is 24.9 Å². The number of benzene rings is 3. The molecule has 0 aliphatic carbocycles. The smallest absolute Gasteiger partial charge is 0.251 e. The topological polar surface area (TPSA) is 81.8 Å². The van der Waals surface area contributed by atoms with Crippen LogP contribution in [0, 0.1) is 0 Å². The molecule has 3 aromatic carbocycles. The average molecular weight is 539 g/mol. The van der Waals surface area contributed by atoms with Crippen LogP contribution in [0.2, 0.25) is 0 Å². The lowest BCUT2D eigenvalue weighted by atomic mass is 9.81. The molecule has 40 heavy (non-hydrogen) atoms. The SMILES string of the molecule is CCCN1C(=O)[C@H](CNC(=O)c2ccccc2-c2ccccc2)NC(=O)C12CCN(CCc1ccccc1)CC2. The van der Waals surface area contributed by atoms with Crippen LogP contribution in [0.4, 0.5) is 0 Å². The van der Waals surface area contributed by atoms with Crippen molar-refractivity contribution in [3.63, 3.8) is 0 Å². The highest BCUT2D eigenvalue weighted by Gasteiger charge is 2.53. The maximum absolute atomic E-state index is 13.7. The Morgan fingerprint density at radius 3 is 2.25 bits per heavy atom. The van der Waals surface area contributed by atoms with Gasteiger partial charge in [-0.1, -0.05) is 85.8 Å². The van der Waals surface area contributed by atoms with Crippen LogP contribution in [0.15, 0.2) is 84.9 Å². The van der Waals surface area contributed by atoms with E-state index >= 15 is 0 Å². The molecule has 0 unspecified atom stereocenters. The molecule has 2 fully saturated rings. The van der Waals surface area contributed by atoms with Gasteiger partial charge in [0.05, 0.1) is 0 Å². The molecule has 1 atom stereocenters. The molecule has 2 heterocycles. The molecule has 0 aromatic heterocycles. The van der Waals surface area contributed by atoms with Crippen molar-refractivity contribution in [3.8, 4) is 11.1 Å². The van der Waals surface area contributed by atoms with E-state index in [1.165, 1.54) is 5.56 Å². The minimum Gasteiger partial charge on any atom is -0.349 e. The molecule has 7 heteroatoms. The fourth-order valence-electron chi connectivity index (χ4n) is 5.98. The molecule has 208 valence electrons. The molecule has 2 aliphatic rings. The van der Waals surface area contributed by atoms with Crippen molar-refractivity contribution in [1.29, 1.82) is 0 Å². The minimum absolute atomic E-state index is 0.0476. The zero-order valence-corrected chi connectivity index (χ0v) is 23.1. The van der Waals surface area contributed by atoms with Crippen LogP contribution in [0.25, 0.3) is 11.1 Å². The highest BCUT2D eigenvalue weighted by atomic mass is 16.2. The first-order chi connectivity index (χ1) is 19.5. The lowest BCUT2D eigenvalue weighted by Crippen LogP contribution is -2.74. The summed E-state index contributed by atoms with van der Waals surface area (Å²) in [5, 5.41) is 5.89. The Labute approximate surface area is 236 Å². The molecular weight excluding hydrogens is 500 g/mol. The summed E-state index contributed by atoms with van der Waals surface area (Å²) in [7, 11) is 0. The van der Waals surface area contributed by atoms with Crippen LogP contribution in [0.5, 0.6) is 0 Å². The molecule has 0 radical (unpaired) electrons. The Kier molecular flexibility index (Phi) is 8.60. The van der Waals surface area contributed by atoms with Gasteiger partial charge in [-0.3, -0.25) is 14.4 Å². The number of nitrogens with zero attached hydrogens (tertiary/aromatic N) is 2. The van der Waals surface area contributed by atoms with Crippen LogP contribution >= 0.6 is 0 Å². The van der Waals surface area contributed by atoms with Crippen molar-refractivity contribution >= 4 is 17.7 Å². The van der Waals surface area contributed by atoms with E-state index in [4.69, 9.17) is 0 Å². The van der Waals surface area contributed by atoms with Gasteiger partial charge in [0.15, 0.2) is 0 Å². The van der Waals surface area contributed by atoms with Crippen LogP contribution in [-0.2, 0) is 16.0 Å². The first-order valence-electron chi connectivity index (χ1n) is 14.3. The third-order valence-electron chi connectivity index (χ3n) is 8.22. The van der Waals surface area contributed by atoms with Crippen molar-refractivity contribution in [1.82, 2.24) is 20.4 Å². The Morgan fingerprint density at radius 1 is 0.900 bits per heavy atom. The minimum atomic E-state index is -0.823. The summed E-state index contributed by atoms with van der Waals surface area (Å²) in [4.78, 5) is 44.7. The normalized spacial score (nSPS) is 18.9. The number of hydrogen-bond acceptors (Lipinski definition) is 4. The maximum atomic E-state index is 13.7. The first-order valence-corrected chi connectivity index (χ1v) is 14.3. The van der Waals surface area contributed by atoms with Gasteiger partial charge in [-0.05, 0) is 48.4 Å². The predicted octanol–water partition coefficient (Wildman–Crippen LogP) is 3.90. The van der Waals surface area contributed by atoms with Crippen molar-refractivity contribution in [2.75, 3.05) is 32.7 Å². The molecule has 0 bridgehead atoms. The molecule has 3 amide bonds. The summed E-state index contributed by atoms with van der Waals surface area (Å²) >= 11 is 0. The number of hydrogen-bond donors (Lipinski definition) is 2. The number of piperidine rings is 1. The second kappa shape index (κ2) is 12.5. The number of carbonyl (C=O) groups is 3. The quantitative estimate of drug-likeness (QED) is 0.433. The van der Waals surface area contributed by atoms with Crippen molar-refractivity contribution in [3.05, 3.63) is 96.1 Å². The van der Waals surface area contributed by atoms with Crippen molar-refractivity contribution in [2.24, 2.45) is 0 Å². The van der Waals surface area contributed by atoms with Gasteiger partial charge in [0.1, 0.15) is 11.6 Å². The van der Waals surface area contributed by atoms with Crippen LogP contribution in [0.1, 0.15) is 42.1 Å². The van der Waals surface area contributed by atoms with Gasteiger partial charge in [-0.2, -0.15) is 0 Å². The molecule has 0 saturated carbocycles. The van der Waals surface area contributed by atoms with E-state index in [2.05, 4.69) is 39.8 Å². The standard InChI is InChI=1S/C33H38N4O3/c1-2-20-37-31(39)29(24-34-30(38)28-16-10-9-15-27(28)26-13-7-4-8-14-26)35-32(40)33(37)18-22-36(23-19-33)21-17-25-11-5-3-6-12-25/h3-16,29H,2,17-24H2,1H3,(H,34,38)(H,35,40)/t29-/m0/s1. The zero-order valence-electron chi connectivity index (χ0n) is 23.1. The molecule has 2 N–H and O–H groups in total. The summed E-state index contributed by atoms with van der Waals surface area (Å²) in [6.07, 6.45) is 2.96. The number of carbonyl (C=O) groups excluding carboxylic acids is 3. The van der Waals surface area contributed by atoms with Crippen molar-refractivity contribution in [2.45, 2.75) is 44.2 Å². The molecule has 5 rings (SSSR count). The maximum Gasteiger partial charge on any atom is 0.251 e. The monoisotopic (exact) mass is 538 g/mol. The Bertz CT molecular complexity index is 1320. The fourth-order valence-corrected chi connectivity index (χ4v) is 5.98. The van der Waals surface area contributed by atoms with Gasteiger partial charge >= 0.3 is 0 Å². The number of rotatable bonds is 9. The molecule has 2 saturated heterocycles. The van der Waals surface area contributed by atoms with E-state index in [1.54, 1.807) is 11.0 Å². The third-order valence-corrected chi connectivity index (χ3v) is 8.22. The Balaban J connectivity index is 1.23. The number of likely N-dealkylation sites (tertiary alicyclic amines) is 1. The average Bonchev–Trinajstić information content (AvgIpc) is 3.01. The highest BCUT2D eigenvalue weighted by molar-refractivity contribution is 6.02. The van der Waals surface area contributed by atoms with Gasteiger partial charge in [-0.25, -0.2) is 0 Å². The Morgan fingerprint density at radius 2 is 1.55 bits per heavy atom. The molecular formula is C33H38N4O3. The summed E-state index contributed by atoms with van der Waals surface area (Å²) in [5.41, 5.74) is 2.79. The summed E-state index contributed by atoms with van der Waals surface area (Å²) in [5.74, 6) is -0.487. The lowest BCUT2D eigenvalue weighted by molar-refractivity contribution is -0.161. The Hall–Kier alpha value is -3.97. The van der Waals surface area contributed by atoms with Crippen molar-refractivity contribution < 1.29 is 14.4 Å². The number of piperazine rings is 1. The van der Waals surface area contributed by atoms with E-state index in [0.717, 1.165) is 43.6 Å². The molecule has 3 aromatic rings. The molecule has 2 aliphatic heterocycles. The first kappa shape index (κ1) is 27.6. The number of nitrogens with one attached hydrogen (secondary N) is 2. The van der Waals surface area contributed by atoms with E-state index in [9.17, 15) is 14.4 Å². The van der Waals surface area contributed by atoms with Crippen LogP contribution < -0.4 is 10.6 Å². The number of amides is 3.